The highest BCUT2D eigenvalue weighted by Crippen LogP contribution is 2.27. The Bertz CT molecular complexity index is 765. The van der Waals surface area contributed by atoms with E-state index < -0.39 is 23.7 Å². The van der Waals surface area contributed by atoms with Crippen molar-refractivity contribution in [3.8, 4) is 5.82 Å². The zero-order valence-corrected chi connectivity index (χ0v) is 14.2. The van der Waals surface area contributed by atoms with Crippen molar-refractivity contribution in [2.24, 2.45) is 0 Å². The minimum absolute atomic E-state index is 0.0193. The van der Waals surface area contributed by atoms with Gasteiger partial charge in [0.2, 0.25) is 5.82 Å². The summed E-state index contributed by atoms with van der Waals surface area (Å²) < 4.78 is 44.6. The Labute approximate surface area is 142 Å². The van der Waals surface area contributed by atoms with E-state index in [1.807, 2.05) is 0 Å². The molecular weight excluding hydrogens is 339 g/mol. The van der Waals surface area contributed by atoms with Crippen molar-refractivity contribution in [1.82, 2.24) is 25.1 Å². The highest BCUT2D eigenvalue weighted by molar-refractivity contribution is 5.67. The largest absolute Gasteiger partial charge is 0.451 e. The number of alkyl halides is 3. The van der Waals surface area contributed by atoms with Crippen LogP contribution in [0.3, 0.4) is 0 Å². The minimum Gasteiger partial charge on any atom is -0.444 e. The van der Waals surface area contributed by atoms with Crippen LogP contribution in [-0.4, -0.2) is 31.4 Å². The Hall–Kier alpha value is -2.65. The maximum absolute atomic E-state index is 12.7. The van der Waals surface area contributed by atoms with Gasteiger partial charge >= 0.3 is 12.3 Å². The number of amides is 1. The highest BCUT2D eigenvalue weighted by Gasteiger charge is 2.35. The number of aryl methyl sites for hydroxylation is 1. The van der Waals surface area contributed by atoms with Gasteiger partial charge in [-0.25, -0.2) is 19.4 Å². The smallest absolute Gasteiger partial charge is 0.444 e. The lowest BCUT2D eigenvalue weighted by atomic mass is 10.2. The van der Waals surface area contributed by atoms with Gasteiger partial charge in [-0.1, -0.05) is 0 Å². The van der Waals surface area contributed by atoms with Crippen molar-refractivity contribution in [2.45, 2.75) is 46.0 Å². The Balaban J connectivity index is 2.12. The molecule has 2 heterocycles. The van der Waals surface area contributed by atoms with Gasteiger partial charge in [-0.15, -0.1) is 0 Å². The first-order valence-electron chi connectivity index (χ1n) is 7.37. The van der Waals surface area contributed by atoms with E-state index in [-0.39, 0.29) is 12.4 Å². The van der Waals surface area contributed by atoms with Gasteiger partial charge in [-0.05, 0) is 27.7 Å². The average Bonchev–Trinajstić information content (AvgIpc) is 2.91. The van der Waals surface area contributed by atoms with Crippen LogP contribution in [0, 0.1) is 6.92 Å². The van der Waals surface area contributed by atoms with E-state index in [0.717, 1.165) is 6.20 Å². The van der Waals surface area contributed by atoms with E-state index in [1.54, 1.807) is 27.7 Å². The summed E-state index contributed by atoms with van der Waals surface area (Å²) in [6, 6.07) is 0. The number of halogens is 3. The second-order valence-electron chi connectivity index (χ2n) is 6.35. The Morgan fingerprint density at radius 1 is 1.28 bits per heavy atom. The van der Waals surface area contributed by atoms with Crippen LogP contribution in [0.15, 0.2) is 18.6 Å². The average molecular weight is 357 g/mol. The molecule has 2 aromatic rings. The van der Waals surface area contributed by atoms with Crippen LogP contribution in [0.4, 0.5) is 18.0 Å². The third-order valence-corrected chi connectivity index (χ3v) is 2.89. The van der Waals surface area contributed by atoms with Gasteiger partial charge < -0.3 is 10.1 Å². The number of hydrogen-bond acceptors (Lipinski definition) is 5. The fourth-order valence-electron chi connectivity index (χ4n) is 1.86. The van der Waals surface area contributed by atoms with Crippen LogP contribution < -0.4 is 5.32 Å². The maximum Gasteiger partial charge on any atom is 0.451 e. The van der Waals surface area contributed by atoms with Crippen molar-refractivity contribution in [2.75, 3.05) is 0 Å². The molecule has 0 unspecified atom stereocenters. The molecule has 0 saturated heterocycles. The summed E-state index contributed by atoms with van der Waals surface area (Å²) in [7, 11) is 0. The van der Waals surface area contributed by atoms with Gasteiger partial charge in [0, 0.05) is 30.1 Å². The number of alkyl carbamates (subject to hydrolysis) is 1. The molecular formula is C15H18F3N5O2. The molecule has 25 heavy (non-hydrogen) atoms. The molecule has 10 heteroatoms. The quantitative estimate of drug-likeness (QED) is 0.913. The molecule has 0 spiro atoms. The number of aromatic nitrogens is 4. The number of carbonyl (C=O) groups is 1. The molecule has 0 atom stereocenters. The summed E-state index contributed by atoms with van der Waals surface area (Å²) in [5, 5.41) is 6.53. The van der Waals surface area contributed by atoms with Crippen molar-refractivity contribution < 1.29 is 22.7 Å². The molecule has 0 bridgehead atoms. The monoisotopic (exact) mass is 357 g/mol. The summed E-state index contributed by atoms with van der Waals surface area (Å²) in [4.78, 5) is 18.4. The summed E-state index contributed by atoms with van der Waals surface area (Å²) >= 11 is 0. The molecule has 7 nitrogen and oxygen atoms in total. The molecule has 0 saturated carbocycles. The Morgan fingerprint density at radius 3 is 2.56 bits per heavy atom. The van der Waals surface area contributed by atoms with Gasteiger partial charge in [0.25, 0.3) is 0 Å². The van der Waals surface area contributed by atoms with E-state index in [4.69, 9.17) is 4.74 Å². The topological polar surface area (TPSA) is 81.9 Å². The van der Waals surface area contributed by atoms with Crippen molar-refractivity contribution >= 4 is 6.09 Å². The van der Waals surface area contributed by atoms with Crippen LogP contribution in [-0.2, 0) is 17.5 Å². The van der Waals surface area contributed by atoms with Gasteiger partial charge in [0.15, 0.2) is 5.82 Å². The van der Waals surface area contributed by atoms with E-state index in [1.165, 1.54) is 17.1 Å². The van der Waals surface area contributed by atoms with Crippen LogP contribution in [0.25, 0.3) is 5.82 Å². The highest BCUT2D eigenvalue weighted by atomic mass is 19.4. The predicted octanol–water partition coefficient (Wildman–Crippen LogP) is 3.01. The molecule has 136 valence electrons. The first-order valence-corrected chi connectivity index (χ1v) is 7.37. The number of carbonyl (C=O) groups excluding carboxylic acids is 1. The van der Waals surface area contributed by atoms with Gasteiger partial charge in [-0.2, -0.15) is 18.3 Å². The van der Waals surface area contributed by atoms with Crippen molar-refractivity contribution in [3.05, 3.63) is 35.5 Å². The first-order chi connectivity index (χ1) is 11.5. The van der Waals surface area contributed by atoms with Crippen molar-refractivity contribution in [3.63, 3.8) is 0 Å². The Morgan fingerprint density at radius 2 is 1.96 bits per heavy atom. The third kappa shape index (κ3) is 5.16. The minimum atomic E-state index is -4.64. The molecule has 0 radical (unpaired) electrons. The second-order valence-corrected chi connectivity index (χ2v) is 6.35. The van der Waals surface area contributed by atoms with Gasteiger partial charge in [0.1, 0.15) is 5.60 Å². The Kier molecular flexibility index (Phi) is 5.00. The van der Waals surface area contributed by atoms with E-state index in [9.17, 15) is 18.0 Å². The molecule has 1 N–H and O–H groups in total. The molecule has 0 aliphatic rings. The molecule has 2 rings (SSSR count). The maximum atomic E-state index is 12.7. The molecule has 1 amide bonds. The normalized spacial score (nSPS) is 12.1. The first kappa shape index (κ1) is 18.7. The SMILES string of the molecule is Cc1cnc(C(F)(F)F)nc1-n1cc(CNC(=O)OC(C)(C)C)cn1. The van der Waals surface area contributed by atoms with Crippen LogP contribution in [0.1, 0.15) is 37.7 Å². The number of hydrogen-bond donors (Lipinski definition) is 1. The molecule has 0 aromatic carbocycles. The van der Waals surface area contributed by atoms with Gasteiger partial charge in [0.05, 0.1) is 6.20 Å². The zero-order chi connectivity index (χ0) is 18.8. The molecule has 0 aliphatic carbocycles. The van der Waals surface area contributed by atoms with Crippen LogP contribution in [0.5, 0.6) is 0 Å². The van der Waals surface area contributed by atoms with Crippen LogP contribution in [0.2, 0.25) is 0 Å². The van der Waals surface area contributed by atoms with Gasteiger partial charge in [-0.3, -0.25) is 0 Å². The lowest BCUT2D eigenvalue weighted by Crippen LogP contribution is -2.32. The number of nitrogens with zero attached hydrogens (tertiary/aromatic N) is 4. The van der Waals surface area contributed by atoms with Crippen LogP contribution >= 0.6 is 0 Å². The number of nitrogens with one attached hydrogen (secondary N) is 1. The second kappa shape index (κ2) is 6.69. The zero-order valence-electron chi connectivity index (χ0n) is 14.2. The molecule has 0 fully saturated rings. The van der Waals surface area contributed by atoms with E-state index in [0.29, 0.717) is 11.1 Å². The number of ether oxygens (including phenoxy) is 1. The van der Waals surface area contributed by atoms with Crippen molar-refractivity contribution in [1.29, 1.82) is 0 Å². The summed E-state index contributed by atoms with van der Waals surface area (Å²) in [5.74, 6) is -1.22. The fraction of sp³-hybridized carbons (Fsp3) is 0.467. The third-order valence-electron chi connectivity index (χ3n) is 2.89. The summed E-state index contributed by atoms with van der Waals surface area (Å²) in [6.45, 7) is 6.91. The lowest BCUT2D eigenvalue weighted by Gasteiger charge is -2.19. The standard InChI is InChI=1S/C15H18F3N5O2/c1-9-5-19-12(15(16,17)18)22-11(9)23-8-10(7-21-23)6-20-13(24)25-14(2,3)4/h5,7-8H,6H2,1-4H3,(H,20,24). The summed E-state index contributed by atoms with van der Waals surface area (Å²) in [6.07, 6.45) is -1.25. The molecule has 0 aliphatic heterocycles. The molecule has 2 aromatic heterocycles. The summed E-state index contributed by atoms with van der Waals surface area (Å²) in [5.41, 5.74) is 0.389. The number of rotatable bonds is 3. The predicted molar refractivity (Wildman–Crippen MR) is 82.0 cm³/mol. The lowest BCUT2D eigenvalue weighted by molar-refractivity contribution is -0.145. The van der Waals surface area contributed by atoms with E-state index in [2.05, 4.69) is 20.4 Å². The fourth-order valence-corrected chi connectivity index (χ4v) is 1.86. The van der Waals surface area contributed by atoms with E-state index >= 15 is 0 Å².